The molecule has 1 unspecified atom stereocenters. The summed E-state index contributed by atoms with van der Waals surface area (Å²) in [4.78, 5) is 0. The van der Waals surface area contributed by atoms with Crippen LogP contribution in [0.3, 0.4) is 0 Å². The van der Waals surface area contributed by atoms with Crippen LogP contribution in [-0.4, -0.2) is 4.57 Å². The molecule has 1 aromatic carbocycles. The summed E-state index contributed by atoms with van der Waals surface area (Å²) in [5, 5.41) is 10.4. The highest BCUT2D eigenvalue weighted by atomic mass is 15.0. The van der Waals surface area contributed by atoms with Gasteiger partial charge in [0.15, 0.2) is 0 Å². The fraction of sp³-hybridized carbons (Fsp3) is 0.308. The van der Waals surface area contributed by atoms with E-state index in [9.17, 15) is 0 Å². The van der Waals surface area contributed by atoms with Crippen molar-refractivity contribution in [2.45, 2.75) is 25.8 Å². The highest BCUT2D eigenvalue weighted by Gasteiger charge is 2.27. The van der Waals surface area contributed by atoms with E-state index >= 15 is 0 Å². The molecule has 0 N–H and O–H groups in total. The molecule has 0 spiro atoms. The summed E-state index contributed by atoms with van der Waals surface area (Å²) in [6, 6.07) is 10.8. The lowest BCUT2D eigenvalue weighted by Crippen LogP contribution is -1.92. The van der Waals surface area contributed by atoms with Crippen LogP contribution >= 0.6 is 0 Å². The van der Waals surface area contributed by atoms with Crippen molar-refractivity contribution in [2.24, 2.45) is 0 Å². The van der Waals surface area contributed by atoms with Gasteiger partial charge in [-0.15, -0.1) is 0 Å². The van der Waals surface area contributed by atoms with E-state index in [0.29, 0.717) is 0 Å². The summed E-state index contributed by atoms with van der Waals surface area (Å²) < 4.78 is 2.30. The first kappa shape index (κ1) is 8.55. The van der Waals surface area contributed by atoms with Crippen molar-refractivity contribution in [3.05, 3.63) is 35.5 Å². The minimum atomic E-state index is 0.0948. The zero-order valence-corrected chi connectivity index (χ0v) is 8.70. The smallest absolute Gasteiger partial charge is 0.0884 e. The summed E-state index contributed by atoms with van der Waals surface area (Å²) >= 11 is 0. The molecule has 3 rings (SSSR count). The first-order chi connectivity index (χ1) is 7.33. The monoisotopic (exact) mass is 196 g/mol. The predicted molar refractivity (Wildman–Crippen MR) is 59.6 cm³/mol. The molecule has 2 heterocycles. The van der Waals surface area contributed by atoms with Crippen LogP contribution < -0.4 is 0 Å². The van der Waals surface area contributed by atoms with Gasteiger partial charge in [0, 0.05) is 23.1 Å². The van der Waals surface area contributed by atoms with Crippen molar-refractivity contribution >= 4 is 10.9 Å². The first-order valence-corrected chi connectivity index (χ1v) is 5.30. The third-order valence-corrected chi connectivity index (χ3v) is 3.40. The summed E-state index contributed by atoms with van der Waals surface area (Å²) in [6.45, 7) is 3.12. The van der Waals surface area contributed by atoms with Gasteiger partial charge in [0.1, 0.15) is 0 Å². The minimum Gasteiger partial charge on any atom is -0.343 e. The molecule has 2 nitrogen and oxygen atoms in total. The first-order valence-electron chi connectivity index (χ1n) is 5.30. The number of rotatable bonds is 0. The highest BCUT2D eigenvalue weighted by molar-refractivity contribution is 5.86. The maximum Gasteiger partial charge on any atom is 0.0884 e. The molecule has 0 amide bonds. The van der Waals surface area contributed by atoms with Crippen LogP contribution in [0.25, 0.3) is 10.9 Å². The number of benzene rings is 1. The Morgan fingerprint density at radius 3 is 3.00 bits per heavy atom. The summed E-state index contributed by atoms with van der Waals surface area (Å²) in [5.74, 6) is 0.0948. The standard InChI is InChI=1S/C13H12N2/c1-9-11-4-2-3-5-12(11)15-7-6-10(8-14)13(9)15/h2-5,10H,6-7H2,1H3. The number of nitrogens with zero attached hydrogens (tertiary/aromatic N) is 2. The zero-order valence-electron chi connectivity index (χ0n) is 8.70. The molecule has 0 fully saturated rings. The van der Waals surface area contributed by atoms with Gasteiger partial charge in [0.2, 0.25) is 0 Å². The third-order valence-electron chi connectivity index (χ3n) is 3.40. The lowest BCUT2D eigenvalue weighted by molar-refractivity contribution is 0.750. The Morgan fingerprint density at radius 1 is 1.40 bits per heavy atom. The van der Waals surface area contributed by atoms with Crippen LogP contribution in [0.4, 0.5) is 0 Å². The summed E-state index contributed by atoms with van der Waals surface area (Å²) in [6.07, 6.45) is 0.970. The maximum absolute atomic E-state index is 9.10. The predicted octanol–water partition coefficient (Wildman–Crippen LogP) is 2.96. The Labute approximate surface area is 88.7 Å². The Morgan fingerprint density at radius 2 is 2.20 bits per heavy atom. The lowest BCUT2D eigenvalue weighted by atomic mass is 10.0. The fourth-order valence-corrected chi connectivity index (χ4v) is 2.71. The molecule has 1 atom stereocenters. The molecule has 0 saturated carbocycles. The van der Waals surface area contributed by atoms with Gasteiger partial charge in [-0.05, 0) is 25.0 Å². The average molecular weight is 196 g/mol. The second-order valence-corrected chi connectivity index (χ2v) is 4.15. The molecule has 0 saturated heterocycles. The topological polar surface area (TPSA) is 28.7 Å². The molecule has 0 aliphatic carbocycles. The van der Waals surface area contributed by atoms with E-state index in [1.54, 1.807) is 0 Å². The average Bonchev–Trinajstić information content (AvgIpc) is 2.81. The van der Waals surface area contributed by atoms with Crippen molar-refractivity contribution < 1.29 is 0 Å². The van der Waals surface area contributed by atoms with Crippen molar-refractivity contribution in [3.8, 4) is 6.07 Å². The van der Waals surface area contributed by atoms with E-state index in [4.69, 9.17) is 5.26 Å². The van der Waals surface area contributed by atoms with Crippen molar-refractivity contribution in [1.82, 2.24) is 4.57 Å². The van der Waals surface area contributed by atoms with Crippen LogP contribution in [0, 0.1) is 18.3 Å². The van der Waals surface area contributed by atoms with Crippen LogP contribution in [0.15, 0.2) is 24.3 Å². The lowest BCUT2D eigenvalue weighted by Gasteiger charge is -1.99. The maximum atomic E-state index is 9.10. The van der Waals surface area contributed by atoms with Crippen LogP contribution in [0.2, 0.25) is 0 Å². The van der Waals surface area contributed by atoms with Gasteiger partial charge in [-0.1, -0.05) is 18.2 Å². The normalized spacial score (nSPS) is 19.1. The molecule has 15 heavy (non-hydrogen) atoms. The molecular formula is C13H12N2. The molecule has 1 aromatic heterocycles. The van der Waals surface area contributed by atoms with E-state index in [1.807, 2.05) is 0 Å². The Balaban J connectivity index is 2.41. The Bertz CT molecular complexity index is 572. The Kier molecular flexibility index (Phi) is 1.63. The summed E-state index contributed by atoms with van der Waals surface area (Å²) in [7, 11) is 0. The van der Waals surface area contributed by atoms with Gasteiger partial charge < -0.3 is 4.57 Å². The molecule has 1 aliphatic heterocycles. The van der Waals surface area contributed by atoms with Crippen molar-refractivity contribution in [1.29, 1.82) is 5.26 Å². The van der Waals surface area contributed by atoms with Crippen LogP contribution in [0.5, 0.6) is 0 Å². The van der Waals surface area contributed by atoms with Crippen molar-refractivity contribution in [3.63, 3.8) is 0 Å². The van der Waals surface area contributed by atoms with Gasteiger partial charge in [-0.25, -0.2) is 0 Å². The van der Waals surface area contributed by atoms with E-state index in [0.717, 1.165) is 13.0 Å². The number of fused-ring (bicyclic) bond motifs is 3. The largest absolute Gasteiger partial charge is 0.343 e. The van der Waals surface area contributed by atoms with Crippen LogP contribution in [-0.2, 0) is 6.54 Å². The minimum absolute atomic E-state index is 0.0948. The third kappa shape index (κ3) is 0.979. The molecule has 2 aromatic rings. The molecule has 2 heteroatoms. The van der Waals surface area contributed by atoms with Gasteiger partial charge in [-0.3, -0.25) is 0 Å². The van der Waals surface area contributed by atoms with E-state index < -0.39 is 0 Å². The van der Waals surface area contributed by atoms with Gasteiger partial charge in [-0.2, -0.15) is 5.26 Å². The Hall–Kier alpha value is -1.75. The SMILES string of the molecule is Cc1c2n(c3ccccc13)CCC2C#N. The molecule has 0 bridgehead atoms. The van der Waals surface area contributed by atoms with E-state index in [1.165, 1.54) is 22.2 Å². The number of hydrogen-bond donors (Lipinski definition) is 0. The molecular weight excluding hydrogens is 184 g/mol. The number of hydrogen-bond acceptors (Lipinski definition) is 1. The highest BCUT2D eigenvalue weighted by Crippen LogP contribution is 2.37. The number of nitriles is 1. The number of para-hydroxylation sites is 1. The molecule has 0 radical (unpaired) electrons. The quantitative estimate of drug-likeness (QED) is 0.636. The number of aryl methyl sites for hydroxylation is 2. The molecule has 1 aliphatic rings. The second kappa shape index (κ2) is 2.87. The molecule has 74 valence electrons. The van der Waals surface area contributed by atoms with Crippen LogP contribution in [0.1, 0.15) is 23.6 Å². The van der Waals surface area contributed by atoms with Gasteiger partial charge in [0.05, 0.1) is 12.0 Å². The zero-order chi connectivity index (χ0) is 10.4. The van der Waals surface area contributed by atoms with E-state index in [2.05, 4.69) is 41.8 Å². The van der Waals surface area contributed by atoms with Gasteiger partial charge in [0.25, 0.3) is 0 Å². The van der Waals surface area contributed by atoms with E-state index in [-0.39, 0.29) is 5.92 Å². The van der Waals surface area contributed by atoms with Crippen molar-refractivity contribution in [2.75, 3.05) is 0 Å². The fourth-order valence-electron chi connectivity index (χ4n) is 2.71. The number of aromatic nitrogens is 1. The summed E-state index contributed by atoms with van der Waals surface area (Å²) in [5.41, 5.74) is 3.80. The second-order valence-electron chi connectivity index (χ2n) is 4.15. The van der Waals surface area contributed by atoms with Gasteiger partial charge >= 0.3 is 0 Å².